The molecule has 0 radical (unpaired) electrons. The molecule has 0 rings (SSSR count). The van der Waals surface area contributed by atoms with E-state index in [1.165, 1.54) is 199 Å². The van der Waals surface area contributed by atoms with Crippen LogP contribution in [0.3, 0.4) is 0 Å². The van der Waals surface area contributed by atoms with Crippen LogP contribution in [0.25, 0.3) is 0 Å². The van der Waals surface area contributed by atoms with Crippen LogP contribution in [-0.2, 0) is 4.79 Å². The standard InChI is InChI=1S/C65H115NO3/c1-3-5-7-9-11-13-15-17-19-21-23-24-25-26-27-28-29-30-31-32-33-34-35-36-37-38-39-40-41-42-43-45-47-49-51-53-55-57-59-61-65(69)66-63(62-67)64(68)60-58-56-54-52-50-48-46-44-22-20-18-16-14-12-10-8-6-4-2/h5,7,11,13,17,19,22-24,26-27,44,50,52,58,60,63-64,67-68H,3-4,6,8-10,12,14-16,18,20-21,25,28-43,45-49,51,53-57,59,61-62H2,1-2H3,(H,66,69)/b7-5-,13-11-,19-17-,24-23-,27-26-,44-22+,52-50+,60-58+. The van der Waals surface area contributed by atoms with E-state index in [9.17, 15) is 15.0 Å². The molecule has 0 aromatic carbocycles. The van der Waals surface area contributed by atoms with Crippen LogP contribution in [0.4, 0.5) is 0 Å². The first-order valence-electron chi connectivity index (χ1n) is 30.0. The summed E-state index contributed by atoms with van der Waals surface area (Å²) in [5, 5.41) is 23.1. The number of rotatable bonds is 54. The second-order valence-corrected chi connectivity index (χ2v) is 20.0. The van der Waals surface area contributed by atoms with Crippen LogP contribution in [0.5, 0.6) is 0 Å². The van der Waals surface area contributed by atoms with Crippen molar-refractivity contribution < 1.29 is 15.0 Å². The van der Waals surface area contributed by atoms with E-state index >= 15 is 0 Å². The molecule has 0 aliphatic rings. The van der Waals surface area contributed by atoms with Crippen LogP contribution in [0, 0.1) is 0 Å². The van der Waals surface area contributed by atoms with E-state index in [-0.39, 0.29) is 12.5 Å². The molecule has 0 aromatic rings. The lowest BCUT2D eigenvalue weighted by Gasteiger charge is -2.19. The molecule has 1 amide bonds. The quantitative estimate of drug-likeness (QED) is 0.0420. The van der Waals surface area contributed by atoms with Crippen molar-refractivity contribution in [2.24, 2.45) is 0 Å². The minimum atomic E-state index is -0.873. The maximum Gasteiger partial charge on any atom is 0.220 e. The molecule has 0 fully saturated rings. The monoisotopic (exact) mass is 958 g/mol. The maximum absolute atomic E-state index is 12.5. The van der Waals surface area contributed by atoms with Crippen molar-refractivity contribution in [2.45, 2.75) is 302 Å². The van der Waals surface area contributed by atoms with Gasteiger partial charge in [-0.2, -0.15) is 0 Å². The molecule has 0 bridgehead atoms. The van der Waals surface area contributed by atoms with Gasteiger partial charge in [-0.25, -0.2) is 0 Å². The van der Waals surface area contributed by atoms with Crippen molar-refractivity contribution in [2.75, 3.05) is 6.61 Å². The minimum Gasteiger partial charge on any atom is -0.394 e. The number of nitrogens with one attached hydrogen (secondary N) is 1. The van der Waals surface area contributed by atoms with Gasteiger partial charge < -0.3 is 15.5 Å². The number of aliphatic hydroxyl groups excluding tert-OH is 2. The lowest BCUT2D eigenvalue weighted by atomic mass is 10.0. The van der Waals surface area contributed by atoms with Gasteiger partial charge in [-0.1, -0.05) is 291 Å². The highest BCUT2D eigenvalue weighted by molar-refractivity contribution is 5.76. The lowest BCUT2D eigenvalue weighted by molar-refractivity contribution is -0.123. The Morgan fingerprint density at radius 1 is 0.362 bits per heavy atom. The van der Waals surface area contributed by atoms with Crippen molar-refractivity contribution in [3.8, 4) is 0 Å². The van der Waals surface area contributed by atoms with Gasteiger partial charge in [0.1, 0.15) is 0 Å². The molecule has 4 nitrogen and oxygen atoms in total. The van der Waals surface area contributed by atoms with E-state index < -0.39 is 12.1 Å². The van der Waals surface area contributed by atoms with Crippen molar-refractivity contribution in [1.29, 1.82) is 0 Å². The predicted molar refractivity (Wildman–Crippen MR) is 308 cm³/mol. The average molecular weight is 959 g/mol. The highest BCUT2D eigenvalue weighted by Gasteiger charge is 2.18. The van der Waals surface area contributed by atoms with Gasteiger partial charge in [-0.05, 0) is 89.9 Å². The Balaban J connectivity index is 3.48. The smallest absolute Gasteiger partial charge is 0.220 e. The number of allylic oxidation sites excluding steroid dienone is 15. The van der Waals surface area contributed by atoms with E-state index in [2.05, 4.69) is 104 Å². The Labute approximate surface area is 430 Å². The van der Waals surface area contributed by atoms with Crippen LogP contribution in [0.2, 0.25) is 0 Å². The van der Waals surface area contributed by atoms with Gasteiger partial charge in [0.2, 0.25) is 5.91 Å². The van der Waals surface area contributed by atoms with Gasteiger partial charge in [-0.3, -0.25) is 4.79 Å². The first kappa shape index (κ1) is 66.3. The number of unbranched alkanes of at least 4 members (excludes halogenated alkanes) is 33. The molecule has 2 unspecified atom stereocenters. The Kier molecular flexibility index (Phi) is 57.3. The molecule has 0 saturated carbocycles. The number of amides is 1. The molecule has 0 heterocycles. The maximum atomic E-state index is 12.5. The lowest BCUT2D eigenvalue weighted by Crippen LogP contribution is -2.45. The second-order valence-electron chi connectivity index (χ2n) is 20.0. The number of carbonyl (C=O) groups is 1. The summed E-state index contributed by atoms with van der Waals surface area (Å²) in [5.41, 5.74) is 0. The normalized spacial score (nSPS) is 13.5. The summed E-state index contributed by atoms with van der Waals surface area (Å²) in [4.78, 5) is 12.5. The fourth-order valence-electron chi connectivity index (χ4n) is 8.77. The average Bonchev–Trinajstić information content (AvgIpc) is 3.35. The Morgan fingerprint density at radius 2 is 0.652 bits per heavy atom. The molecule has 4 heteroatoms. The molecular weight excluding hydrogens is 843 g/mol. The molecule has 0 spiro atoms. The molecular formula is C65H115NO3. The fraction of sp³-hybridized carbons (Fsp3) is 0.738. The van der Waals surface area contributed by atoms with Gasteiger partial charge in [0.05, 0.1) is 18.8 Å². The van der Waals surface area contributed by atoms with E-state index in [0.29, 0.717) is 6.42 Å². The Bertz CT molecular complexity index is 1270. The third-order valence-electron chi connectivity index (χ3n) is 13.3. The molecule has 0 aromatic heterocycles. The summed E-state index contributed by atoms with van der Waals surface area (Å²) in [6, 6.07) is -0.648. The van der Waals surface area contributed by atoms with Crippen LogP contribution >= 0.6 is 0 Å². The summed E-state index contributed by atoms with van der Waals surface area (Å²) in [7, 11) is 0. The number of hydrogen-bond donors (Lipinski definition) is 3. The minimum absolute atomic E-state index is 0.0761. The number of hydrogen-bond acceptors (Lipinski definition) is 3. The fourth-order valence-corrected chi connectivity index (χ4v) is 8.77. The van der Waals surface area contributed by atoms with Gasteiger partial charge in [0.25, 0.3) is 0 Å². The van der Waals surface area contributed by atoms with Gasteiger partial charge in [0.15, 0.2) is 0 Å². The van der Waals surface area contributed by atoms with E-state index in [0.717, 1.165) is 70.6 Å². The summed E-state index contributed by atoms with van der Waals surface area (Å²) in [5.74, 6) is -0.0761. The highest BCUT2D eigenvalue weighted by atomic mass is 16.3. The third kappa shape index (κ3) is 56.1. The topological polar surface area (TPSA) is 69.6 Å². The summed E-state index contributed by atoms with van der Waals surface area (Å²) in [6.07, 6.45) is 88.8. The largest absolute Gasteiger partial charge is 0.394 e. The third-order valence-corrected chi connectivity index (χ3v) is 13.3. The Morgan fingerprint density at radius 3 is 1.01 bits per heavy atom. The van der Waals surface area contributed by atoms with Crippen molar-refractivity contribution in [1.82, 2.24) is 5.32 Å². The molecule has 2 atom stereocenters. The van der Waals surface area contributed by atoms with Crippen molar-refractivity contribution >= 4 is 5.91 Å². The predicted octanol–water partition coefficient (Wildman–Crippen LogP) is 20.1. The molecule has 0 aliphatic carbocycles. The van der Waals surface area contributed by atoms with Gasteiger partial charge >= 0.3 is 0 Å². The number of aliphatic hydroxyl groups is 2. The molecule has 3 N–H and O–H groups in total. The van der Waals surface area contributed by atoms with Crippen molar-refractivity contribution in [3.63, 3.8) is 0 Å². The summed E-state index contributed by atoms with van der Waals surface area (Å²) >= 11 is 0. The zero-order valence-electron chi connectivity index (χ0n) is 45.8. The van der Waals surface area contributed by atoms with Crippen LogP contribution in [0.1, 0.15) is 290 Å². The molecule has 0 aliphatic heterocycles. The zero-order valence-corrected chi connectivity index (χ0v) is 45.8. The van der Waals surface area contributed by atoms with Gasteiger partial charge in [0, 0.05) is 6.42 Å². The highest BCUT2D eigenvalue weighted by Crippen LogP contribution is 2.17. The van der Waals surface area contributed by atoms with Crippen LogP contribution in [0.15, 0.2) is 97.2 Å². The summed E-state index contributed by atoms with van der Waals surface area (Å²) < 4.78 is 0. The molecule has 69 heavy (non-hydrogen) atoms. The summed E-state index contributed by atoms with van der Waals surface area (Å²) in [6.45, 7) is 4.18. The van der Waals surface area contributed by atoms with Crippen LogP contribution < -0.4 is 5.32 Å². The first-order valence-corrected chi connectivity index (χ1v) is 30.0. The van der Waals surface area contributed by atoms with Crippen LogP contribution in [-0.4, -0.2) is 34.9 Å². The zero-order chi connectivity index (χ0) is 49.9. The van der Waals surface area contributed by atoms with E-state index in [1.807, 2.05) is 6.08 Å². The second kappa shape index (κ2) is 59.6. The van der Waals surface area contributed by atoms with Crippen molar-refractivity contribution in [3.05, 3.63) is 97.2 Å². The first-order chi connectivity index (χ1) is 34.2. The van der Waals surface area contributed by atoms with E-state index in [1.54, 1.807) is 6.08 Å². The molecule has 0 saturated heterocycles. The number of carbonyl (C=O) groups excluding carboxylic acids is 1. The Hall–Kier alpha value is -2.69. The molecule has 398 valence electrons. The van der Waals surface area contributed by atoms with E-state index in [4.69, 9.17) is 0 Å². The van der Waals surface area contributed by atoms with Gasteiger partial charge in [-0.15, -0.1) is 0 Å². The SMILES string of the molecule is CC/C=C\C/C=C\C/C=C\C/C=C\C/C=C\CCCCCCCCCCCCCCCCCCCCCCCCCC(=O)NC(CO)C(O)/C=C/CC/C=C/CC/C=C/CCCCCCCCCC.